The molecule has 0 spiro atoms. The van der Waals surface area contributed by atoms with Gasteiger partial charge in [-0.05, 0) is 37.1 Å². The van der Waals surface area contributed by atoms with Crippen molar-refractivity contribution in [2.24, 2.45) is 7.05 Å². The number of hydrogen-bond donors (Lipinski definition) is 0. The van der Waals surface area contributed by atoms with E-state index in [0.717, 1.165) is 11.3 Å². The Balaban J connectivity index is 1.44. The quantitative estimate of drug-likeness (QED) is 0.536. The molecule has 5 rings (SSSR count). The lowest BCUT2D eigenvalue weighted by molar-refractivity contribution is 0.0479. The number of pyridine rings is 1. The van der Waals surface area contributed by atoms with Crippen LogP contribution in [0, 0.1) is 0 Å². The van der Waals surface area contributed by atoms with Crippen LogP contribution in [0.1, 0.15) is 24.4 Å². The fourth-order valence-corrected chi connectivity index (χ4v) is 4.14. The van der Waals surface area contributed by atoms with Crippen LogP contribution in [0.25, 0.3) is 16.7 Å². The molecule has 0 saturated carbocycles. The molecule has 1 fully saturated rings. The van der Waals surface area contributed by atoms with Crippen LogP contribution in [0.3, 0.4) is 0 Å². The fraction of sp³-hybridized carbons (Fsp3) is 0.333. The molecule has 7 nitrogen and oxygen atoms in total. The molecule has 4 aromatic rings. The third kappa shape index (κ3) is 2.91. The highest BCUT2D eigenvalue weighted by Crippen LogP contribution is 2.36. The van der Waals surface area contributed by atoms with Crippen molar-refractivity contribution in [2.75, 3.05) is 13.1 Å². The van der Waals surface area contributed by atoms with Crippen molar-refractivity contribution in [1.82, 2.24) is 29.0 Å². The molecule has 1 aliphatic rings. The molecular formula is C21H21FN6O. The topological polar surface area (TPSA) is 68.3 Å². The number of nitrogens with zero attached hydrogens (tertiary/aromatic N) is 6. The number of rotatable bonds is 3. The molecule has 4 heterocycles. The van der Waals surface area contributed by atoms with E-state index >= 15 is 4.39 Å². The first-order chi connectivity index (χ1) is 14.1. The first-order valence-electron chi connectivity index (χ1n) is 9.71. The molecule has 29 heavy (non-hydrogen) atoms. The van der Waals surface area contributed by atoms with Crippen molar-refractivity contribution < 1.29 is 4.39 Å². The maximum atomic E-state index is 15.4. The Kier molecular flexibility index (Phi) is 4.16. The molecule has 3 aromatic heterocycles. The largest absolute Gasteiger partial charge is 0.296 e. The van der Waals surface area contributed by atoms with E-state index in [9.17, 15) is 4.79 Å². The van der Waals surface area contributed by atoms with Crippen LogP contribution in [0.2, 0.25) is 0 Å². The van der Waals surface area contributed by atoms with E-state index < -0.39 is 5.67 Å². The van der Waals surface area contributed by atoms with Crippen LogP contribution in [0.4, 0.5) is 4.39 Å². The highest BCUT2D eigenvalue weighted by atomic mass is 19.1. The van der Waals surface area contributed by atoms with E-state index in [1.807, 2.05) is 34.7 Å². The molecular weight excluding hydrogens is 371 g/mol. The van der Waals surface area contributed by atoms with Crippen molar-refractivity contribution >= 4 is 16.7 Å². The number of likely N-dealkylation sites (tertiary alicyclic amines) is 1. The van der Waals surface area contributed by atoms with E-state index in [2.05, 4.69) is 20.1 Å². The number of aromatic nitrogens is 5. The summed E-state index contributed by atoms with van der Waals surface area (Å²) in [6, 6.07) is 12.9. The molecule has 0 atom stereocenters. The van der Waals surface area contributed by atoms with Gasteiger partial charge in [0.25, 0.3) is 5.56 Å². The normalized spacial score (nSPS) is 17.2. The van der Waals surface area contributed by atoms with Gasteiger partial charge in [0.1, 0.15) is 0 Å². The first kappa shape index (κ1) is 17.9. The number of halogens is 1. The van der Waals surface area contributed by atoms with Crippen molar-refractivity contribution in [3.05, 3.63) is 70.5 Å². The smallest absolute Gasteiger partial charge is 0.262 e. The first-order valence-corrected chi connectivity index (χ1v) is 9.71. The molecule has 1 aliphatic heterocycles. The summed E-state index contributed by atoms with van der Waals surface area (Å²) < 4.78 is 18.8. The van der Waals surface area contributed by atoms with E-state index in [1.165, 1.54) is 4.57 Å². The molecule has 0 unspecified atom stereocenters. The summed E-state index contributed by atoms with van der Waals surface area (Å²) in [5.41, 5.74) is -0.187. The number of alkyl halides is 1. The fourth-order valence-electron chi connectivity index (χ4n) is 4.14. The number of fused-ring (bicyclic) bond motifs is 3. The average Bonchev–Trinajstić information content (AvgIpc) is 3.18. The number of para-hydroxylation sites is 1. The maximum absolute atomic E-state index is 15.4. The molecule has 8 heteroatoms. The highest BCUT2D eigenvalue weighted by Gasteiger charge is 2.37. The summed E-state index contributed by atoms with van der Waals surface area (Å²) in [6.45, 7) is 1.75. The van der Waals surface area contributed by atoms with Gasteiger partial charge in [-0.3, -0.25) is 23.6 Å². The van der Waals surface area contributed by atoms with Gasteiger partial charge in [0.05, 0.1) is 23.1 Å². The zero-order valence-corrected chi connectivity index (χ0v) is 16.1. The van der Waals surface area contributed by atoms with Gasteiger partial charge in [0.2, 0.25) is 5.78 Å². The third-order valence-electron chi connectivity index (χ3n) is 5.83. The van der Waals surface area contributed by atoms with Crippen LogP contribution < -0.4 is 5.56 Å². The van der Waals surface area contributed by atoms with E-state index in [1.54, 1.807) is 25.4 Å². The predicted molar refractivity (Wildman–Crippen MR) is 107 cm³/mol. The van der Waals surface area contributed by atoms with Crippen molar-refractivity contribution in [1.29, 1.82) is 0 Å². The summed E-state index contributed by atoms with van der Waals surface area (Å²) in [6.07, 6.45) is 2.42. The van der Waals surface area contributed by atoms with Crippen LogP contribution in [0.5, 0.6) is 0 Å². The lowest BCUT2D eigenvalue weighted by atomic mass is 9.89. The van der Waals surface area contributed by atoms with Crippen molar-refractivity contribution in [2.45, 2.75) is 25.1 Å². The molecule has 148 valence electrons. The van der Waals surface area contributed by atoms with Crippen LogP contribution >= 0.6 is 0 Å². The maximum Gasteiger partial charge on any atom is 0.262 e. The van der Waals surface area contributed by atoms with E-state index in [0.29, 0.717) is 49.3 Å². The zero-order chi connectivity index (χ0) is 20.0. The SMILES string of the molecule is Cn1c(=O)c2ccccc2n2c(CN3CCC(F)(c4ccccn4)CC3)nnc12. The Bertz CT molecular complexity index is 1240. The Hall–Kier alpha value is -3.13. The molecule has 0 N–H and O–H groups in total. The van der Waals surface area contributed by atoms with Crippen molar-refractivity contribution in [3.8, 4) is 0 Å². The predicted octanol–water partition coefficient (Wildman–Crippen LogP) is 2.44. The average molecular weight is 392 g/mol. The van der Waals surface area contributed by atoms with Gasteiger partial charge < -0.3 is 0 Å². The summed E-state index contributed by atoms with van der Waals surface area (Å²) in [5, 5.41) is 9.20. The Labute approximate surface area is 166 Å². The number of aryl methyl sites for hydroxylation is 1. The van der Waals surface area contributed by atoms with Crippen molar-refractivity contribution in [3.63, 3.8) is 0 Å². The standard InChI is InChI=1S/C21H21FN6O/c1-26-19(29)15-6-2-3-7-16(15)28-18(24-25-20(26)28)14-27-12-9-21(22,10-13-27)17-8-4-5-11-23-17/h2-8,11H,9-10,12-14H2,1H3. The highest BCUT2D eigenvalue weighted by molar-refractivity contribution is 5.80. The minimum absolute atomic E-state index is 0.0948. The zero-order valence-electron chi connectivity index (χ0n) is 16.1. The Morgan fingerprint density at radius 3 is 2.59 bits per heavy atom. The molecule has 1 aromatic carbocycles. The Morgan fingerprint density at radius 1 is 1.07 bits per heavy atom. The Morgan fingerprint density at radius 2 is 1.83 bits per heavy atom. The van der Waals surface area contributed by atoms with E-state index in [4.69, 9.17) is 0 Å². The molecule has 0 bridgehead atoms. The molecule has 0 aliphatic carbocycles. The van der Waals surface area contributed by atoms with Crippen LogP contribution in [-0.2, 0) is 19.3 Å². The summed E-state index contributed by atoms with van der Waals surface area (Å²) in [5.74, 6) is 1.25. The van der Waals surface area contributed by atoms with Gasteiger partial charge in [0, 0.05) is 26.3 Å². The number of piperidine rings is 1. The summed E-state index contributed by atoms with van der Waals surface area (Å²) >= 11 is 0. The lowest BCUT2D eigenvalue weighted by Crippen LogP contribution is -2.40. The van der Waals surface area contributed by atoms with Gasteiger partial charge >= 0.3 is 0 Å². The van der Waals surface area contributed by atoms with Gasteiger partial charge in [-0.1, -0.05) is 18.2 Å². The summed E-state index contributed by atoms with van der Waals surface area (Å²) in [4.78, 5) is 19.0. The minimum Gasteiger partial charge on any atom is -0.296 e. The molecule has 0 radical (unpaired) electrons. The van der Waals surface area contributed by atoms with E-state index in [-0.39, 0.29) is 5.56 Å². The van der Waals surface area contributed by atoms with Gasteiger partial charge in [0.15, 0.2) is 11.5 Å². The van der Waals surface area contributed by atoms with Gasteiger partial charge in [-0.15, -0.1) is 10.2 Å². The van der Waals surface area contributed by atoms with Crippen LogP contribution in [0.15, 0.2) is 53.5 Å². The van der Waals surface area contributed by atoms with Gasteiger partial charge in [-0.25, -0.2) is 4.39 Å². The minimum atomic E-state index is -1.39. The number of hydrogen-bond acceptors (Lipinski definition) is 5. The third-order valence-corrected chi connectivity index (χ3v) is 5.83. The summed E-state index contributed by atoms with van der Waals surface area (Å²) in [7, 11) is 1.70. The lowest BCUT2D eigenvalue weighted by Gasteiger charge is -2.35. The molecule has 1 saturated heterocycles. The second-order valence-corrected chi connectivity index (χ2v) is 7.59. The second kappa shape index (κ2) is 6.73. The monoisotopic (exact) mass is 392 g/mol. The second-order valence-electron chi connectivity index (χ2n) is 7.59. The molecule has 0 amide bonds. The number of benzene rings is 1. The van der Waals surface area contributed by atoms with Crippen LogP contribution in [-0.4, -0.2) is 42.1 Å². The van der Waals surface area contributed by atoms with Gasteiger partial charge in [-0.2, -0.15) is 0 Å².